The van der Waals surface area contributed by atoms with Crippen molar-refractivity contribution in [2.75, 3.05) is 18.4 Å². The second-order valence-electron chi connectivity index (χ2n) is 8.10. The number of anilines is 1. The van der Waals surface area contributed by atoms with Gasteiger partial charge in [-0.1, -0.05) is 25.0 Å². The van der Waals surface area contributed by atoms with Crippen molar-refractivity contribution in [3.8, 4) is 0 Å². The van der Waals surface area contributed by atoms with Gasteiger partial charge >= 0.3 is 0 Å². The van der Waals surface area contributed by atoms with E-state index in [2.05, 4.69) is 10.6 Å². The molecule has 4 rings (SSSR count). The number of furan rings is 1. The van der Waals surface area contributed by atoms with E-state index in [4.69, 9.17) is 4.42 Å². The molecule has 0 aliphatic carbocycles. The molecule has 0 saturated carbocycles. The average molecular weight is 482 g/mol. The van der Waals surface area contributed by atoms with E-state index in [1.807, 2.05) is 0 Å². The van der Waals surface area contributed by atoms with E-state index in [0.717, 1.165) is 25.7 Å². The molecule has 178 valence electrons. The molecule has 0 unspecified atom stereocenters. The summed E-state index contributed by atoms with van der Waals surface area (Å²) in [6.07, 6.45) is 5.31. The monoisotopic (exact) mass is 481 g/mol. The normalized spacial score (nSPS) is 14.8. The summed E-state index contributed by atoms with van der Waals surface area (Å²) >= 11 is 0. The number of rotatable bonds is 7. The SMILES string of the molecule is O=C(Nc1ccccc1C(=O)NCc1ccco1)c1ccc(S(=O)(=O)N2CCCCCC2)cc1. The fourth-order valence-corrected chi connectivity index (χ4v) is 5.39. The largest absolute Gasteiger partial charge is 0.467 e. The molecule has 1 aliphatic rings. The van der Waals surface area contributed by atoms with Gasteiger partial charge in [0.05, 0.1) is 29.0 Å². The second kappa shape index (κ2) is 10.7. The van der Waals surface area contributed by atoms with Crippen LogP contribution in [-0.4, -0.2) is 37.6 Å². The van der Waals surface area contributed by atoms with Crippen LogP contribution in [0.15, 0.2) is 76.2 Å². The van der Waals surface area contributed by atoms with Gasteiger partial charge in [-0.15, -0.1) is 0 Å². The number of para-hydroxylation sites is 1. The number of benzene rings is 2. The zero-order chi connectivity index (χ0) is 24.0. The van der Waals surface area contributed by atoms with Crippen LogP contribution < -0.4 is 10.6 Å². The number of amides is 2. The molecule has 3 aromatic rings. The fraction of sp³-hybridized carbons (Fsp3) is 0.280. The molecule has 0 radical (unpaired) electrons. The number of hydrogen-bond donors (Lipinski definition) is 2. The van der Waals surface area contributed by atoms with E-state index in [0.29, 0.717) is 35.7 Å². The van der Waals surface area contributed by atoms with Crippen molar-refractivity contribution in [2.45, 2.75) is 37.1 Å². The molecule has 0 spiro atoms. The minimum atomic E-state index is -3.59. The van der Waals surface area contributed by atoms with E-state index >= 15 is 0 Å². The van der Waals surface area contributed by atoms with Crippen molar-refractivity contribution in [1.29, 1.82) is 0 Å². The van der Waals surface area contributed by atoms with Gasteiger partial charge in [0.1, 0.15) is 5.76 Å². The lowest BCUT2D eigenvalue weighted by atomic mass is 10.1. The first-order valence-electron chi connectivity index (χ1n) is 11.3. The van der Waals surface area contributed by atoms with Crippen LogP contribution in [0, 0.1) is 0 Å². The predicted octanol–water partition coefficient (Wildman–Crippen LogP) is 4.03. The Labute approximate surface area is 199 Å². The molecule has 1 fully saturated rings. The number of sulfonamides is 1. The van der Waals surface area contributed by atoms with Crippen molar-refractivity contribution in [2.24, 2.45) is 0 Å². The van der Waals surface area contributed by atoms with Crippen LogP contribution in [0.1, 0.15) is 52.2 Å². The maximum atomic E-state index is 13.0. The third kappa shape index (κ3) is 5.55. The highest BCUT2D eigenvalue weighted by atomic mass is 32.2. The summed E-state index contributed by atoms with van der Waals surface area (Å²) in [5, 5.41) is 5.51. The zero-order valence-corrected chi connectivity index (χ0v) is 19.5. The number of nitrogens with one attached hydrogen (secondary N) is 2. The first-order chi connectivity index (χ1) is 16.4. The fourth-order valence-electron chi connectivity index (χ4n) is 3.87. The molecule has 2 aromatic carbocycles. The molecular formula is C25H27N3O5S. The van der Waals surface area contributed by atoms with Crippen molar-refractivity contribution >= 4 is 27.5 Å². The van der Waals surface area contributed by atoms with Gasteiger partial charge in [-0.2, -0.15) is 4.31 Å². The number of carbonyl (C=O) groups is 2. The molecular weight excluding hydrogens is 454 g/mol. The summed E-state index contributed by atoms with van der Waals surface area (Å²) in [5.74, 6) is -0.179. The van der Waals surface area contributed by atoms with E-state index in [1.165, 1.54) is 34.8 Å². The van der Waals surface area contributed by atoms with Crippen LogP contribution in [0.2, 0.25) is 0 Å². The van der Waals surface area contributed by atoms with Crippen molar-refractivity contribution in [3.63, 3.8) is 0 Å². The van der Waals surface area contributed by atoms with Crippen LogP contribution >= 0.6 is 0 Å². The summed E-state index contributed by atoms with van der Waals surface area (Å²) in [6, 6.07) is 16.1. The molecule has 2 N–H and O–H groups in total. The van der Waals surface area contributed by atoms with E-state index < -0.39 is 15.9 Å². The second-order valence-corrected chi connectivity index (χ2v) is 10.0. The smallest absolute Gasteiger partial charge is 0.255 e. The molecule has 2 heterocycles. The Morgan fingerprint density at radius 3 is 2.24 bits per heavy atom. The maximum absolute atomic E-state index is 13.0. The lowest BCUT2D eigenvalue weighted by molar-refractivity contribution is 0.0949. The molecule has 1 saturated heterocycles. The van der Waals surface area contributed by atoms with Crippen LogP contribution in [0.3, 0.4) is 0 Å². The van der Waals surface area contributed by atoms with Gasteiger partial charge in [0.15, 0.2) is 0 Å². The van der Waals surface area contributed by atoms with E-state index in [1.54, 1.807) is 36.4 Å². The van der Waals surface area contributed by atoms with E-state index in [9.17, 15) is 18.0 Å². The first kappa shape index (κ1) is 23.7. The minimum Gasteiger partial charge on any atom is -0.467 e. The van der Waals surface area contributed by atoms with Gasteiger partial charge in [0.2, 0.25) is 10.0 Å². The Morgan fingerprint density at radius 2 is 1.56 bits per heavy atom. The molecule has 2 amide bonds. The lowest BCUT2D eigenvalue weighted by Crippen LogP contribution is -2.32. The van der Waals surface area contributed by atoms with Gasteiger partial charge in [-0.25, -0.2) is 8.42 Å². The Bertz CT molecular complexity index is 1230. The Hall–Kier alpha value is -3.43. The summed E-state index contributed by atoms with van der Waals surface area (Å²) in [4.78, 5) is 25.6. The standard InChI is InChI=1S/C25H27N3O5S/c29-24(19-11-13-21(14-12-19)34(31,32)28-15-5-1-2-6-16-28)27-23-10-4-3-9-22(23)25(30)26-18-20-8-7-17-33-20/h3-4,7-14,17H,1-2,5-6,15-16,18H2,(H,26,30)(H,27,29). The number of nitrogens with zero attached hydrogens (tertiary/aromatic N) is 1. The quantitative estimate of drug-likeness (QED) is 0.530. The lowest BCUT2D eigenvalue weighted by Gasteiger charge is -2.20. The van der Waals surface area contributed by atoms with Gasteiger partial charge < -0.3 is 15.1 Å². The summed E-state index contributed by atoms with van der Waals surface area (Å²) in [7, 11) is -3.59. The van der Waals surface area contributed by atoms with Gasteiger partial charge in [0, 0.05) is 18.7 Å². The molecule has 1 aliphatic heterocycles. The molecule has 0 atom stereocenters. The Balaban J connectivity index is 1.44. The summed E-state index contributed by atoms with van der Waals surface area (Å²) in [5.41, 5.74) is 0.953. The van der Waals surface area contributed by atoms with Crippen LogP contribution in [0.25, 0.3) is 0 Å². The number of carbonyl (C=O) groups excluding carboxylic acids is 2. The van der Waals surface area contributed by atoms with Crippen LogP contribution in [0.4, 0.5) is 5.69 Å². The van der Waals surface area contributed by atoms with Crippen LogP contribution in [0.5, 0.6) is 0 Å². The van der Waals surface area contributed by atoms with Crippen molar-refractivity contribution < 1.29 is 22.4 Å². The zero-order valence-electron chi connectivity index (χ0n) is 18.7. The predicted molar refractivity (Wildman–Crippen MR) is 128 cm³/mol. The highest BCUT2D eigenvalue weighted by molar-refractivity contribution is 7.89. The van der Waals surface area contributed by atoms with Crippen molar-refractivity contribution in [1.82, 2.24) is 9.62 Å². The third-order valence-corrected chi connectivity index (χ3v) is 7.66. The average Bonchev–Trinajstić information content (AvgIpc) is 3.22. The first-order valence-corrected chi connectivity index (χ1v) is 12.7. The summed E-state index contributed by atoms with van der Waals surface area (Å²) in [6.45, 7) is 1.26. The third-order valence-electron chi connectivity index (χ3n) is 5.74. The van der Waals surface area contributed by atoms with Crippen molar-refractivity contribution in [3.05, 3.63) is 83.8 Å². The Kier molecular flexibility index (Phi) is 7.44. The number of hydrogen-bond acceptors (Lipinski definition) is 5. The van der Waals surface area contributed by atoms with Gasteiger partial charge in [-0.05, 0) is 61.4 Å². The van der Waals surface area contributed by atoms with E-state index in [-0.39, 0.29) is 17.3 Å². The highest BCUT2D eigenvalue weighted by Crippen LogP contribution is 2.22. The molecule has 9 heteroatoms. The molecule has 8 nitrogen and oxygen atoms in total. The minimum absolute atomic E-state index is 0.170. The van der Waals surface area contributed by atoms with Crippen LogP contribution in [-0.2, 0) is 16.6 Å². The van der Waals surface area contributed by atoms with Gasteiger partial charge in [0.25, 0.3) is 11.8 Å². The highest BCUT2D eigenvalue weighted by Gasteiger charge is 2.25. The maximum Gasteiger partial charge on any atom is 0.255 e. The molecule has 34 heavy (non-hydrogen) atoms. The molecule has 0 bridgehead atoms. The molecule has 1 aromatic heterocycles. The Morgan fingerprint density at radius 1 is 0.853 bits per heavy atom. The van der Waals surface area contributed by atoms with Gasteiger partial charge in [-0.3, -0.25) is 9.59 Å². The topological polar surface area (TPSA) is 109 Å². The summed E-state index contributed by atoms with van der Waals surface area (Å²) < 4.78 is 32.6.